The average molecular weight is 255 g/mol. The van der Waals surface area contributed by atoms with Crippen molar-refractivity contribution in [3.63, 3.8) is 0 Å². The van der Waals surface area contributed by atoms with E-state index in [4.69, 9.17) is 5.11 Å². The summed E-state index contributed by atoms with van der Waals surface area (Å²) in [7, 11) is 1.74. The number of rotatable bonds is 7. The molecule has 1 amide bonds. The van der Waals surface area contributed by atoms with Gasteiger partial charge in [-0.3, -0.25) is 4.79 Å². The summed E-state index contributed by atoms with van der Waals surface area (Å²) in [5.74, 6) is 0.00832. The maximum Gasteiger partial charge on any atom is 0.287 e. The molecule has 0 aromatic carbocycles. The minimum Gasteiger partial charge on any atom is -0.396 e. The van der Waals surface area contributed by atoms with Gasteiger partial charge in [0.05, 0.1) is 5.60 Å². The third-order valence-corrected chi connectivity index (χ3v) is 3.06. The number of carbonyl (C=O) groups is 1. The third-order valence-electron chi connectivity index (χ3n) is 3.06. The van der Waals surface area contributed by atoms with Gasteiger partial charge in [0.1, 0.15) is 0 Å². The number of nitrogens with one attached hydrogen (secondary N) is 1. The van der Waals surface area contributed by atoms with E-state index in [0.29, 0.717) is 25.1 Å². The Bertz CT molecular complexity index is 392. The molecule has 1 heterocycles. The van der Waals surface area contributed by atoms with Gasteiger partial charge in [-0.05, 0) is 19.3 Å². The molecule has 102 valence electrons. The number of amides is 1. The van der Waals surface area contributed by atoms with E-state index in [1.807, 2.05) is 6.92 Å². The highest BCUT2D eigenvalue weighted by Crippen LogP contribution is 2.16. The number of aliphatic hydroxyl groups excluding tert-OH is 1. The summed E-state index contributed by atoms with van der Waals surface area (Å²) in [6.07, 6.45) is 4.73. The zero-order chi connectivity index (χ0) is 13.6. The Balaban J connectivity index is 2.53. The van der Waals surface area contributed by atoms with Gasteiger partial charge in [-0.15, -0.1) is 0 Å². The molecule has 6 nitrogen and oxygen atoms in total. The molecule has 1 aromatic heterocycles. The van der Waals surface area contributed by atoms with Crippen LogP contribution >= 0.6 is 0 Å². The smallest absolute Gasteiger partial charge is 0.287 e. The van der Waals surface area contributed by atoms with Crippen LogP contribution in [0.15, 0.2) is 12.4 Å². The molecule has 1 atom stereocenters. The van der Waals surface area contributed by atoms with Crippen molar-refractivity contribution >= 4 is 5.91 Å². The highest BCUT2D eigenvalue weighted by Gasteiger charge is 2.25. The summed E-state index contributed by atoms with van der Waals surface area (Å²) >= 11 is 0. The van der Waals surface area contributed by atoms with Crippen LogP contribution in [0.25, 0.3) is 0 Å². The number of nitrogens with zero attached hydrogens (tertiary/aromatic N) is 2. The summed E-state index contributed by atoms with van der Waals surface area (Å²) in [5, 5.41) is 21.7. The molecule has 0 saturated carbocycles. The SMILES string of the molecule is CC[C@@](O)(CCCO)CNC(=O)c1nccn1C. The molecule has 6 heteroatoms. The summed E-state index contributed by atoms with van der Waals surface area (Å²) in [5.41, 5.74) is -0.969. The van der Waals surface area contributed by atoms with Gasteiger partial charge >= 0.3 is 0 Å². The first kappa shape index (κ1) is 14.7. The Morgan fingerprint density at radius 2 is 2.33 bits per heavy atom. The minimum atomic E-state index is -0.969. The highest BCUT2D eigenvalue weighted by atomic mass is 16.3. The normalized spacial score (nSPS) is 14.2. The van der Waals surface area contributed by atoms with E-state index in [1.54, 1.807) is 24.0 Å². The molecule has 1 aromatic rings. The lowest BCUT2D eigenvalue weighted by atomic mass is 9.95. The molecule has 3 N–H and O–H groups in total. The number of hydrogen-bond donors (Lipinski definition) is 3. The average Bonchev–Trinajstić information content (AvgIpc) is 2.80. The quantitative estimate of drug-likeness (QED) is 0.643. The van der Waals surface area contributed by atoms with E-state index >= 15 is 0 Å². The Labute approximate surface area is 107 Å². The van der Waals surface area contributed by atoms with Gasteiger partial charge < -0.3 is 20.1 Å². The second-order valence-electron chi connectivity index (χ2n) is 4.45. The van der Waals surface area contributed by atoms with Gasteiger partial charge in [-0.1, -0.05) is 6.92 Å². The Morgan fingerprint density at radius 3 is 2.83 bits per heavy atom. The van der Waals surface area contributed by atoms with E-state index in [0.717, 1.165) is 0 Å². The number of aryl methyl sites for hydroxylation is 1. The molecule has 0 saturated heterocycles. The van der Waals surface area contributed by atoms with E-state index in [1.165, 1.54) is 0 Å². The third kappa shape index (κ3) is 3.82. The zero-order valence-corrected chi connectivity index (χ0v) is 10.9. The zero-order valence-electron chi connectivity index (χ0n) is 10.9. The molecule has 0 fully saturated rings. The monoisotopic (exact) mass is 255 g/mol. The maximum absolute atomic E-state index is 11.8. The van der Waals surface area contributed by atoms with Crippen molar-refractivity contribution in [1.82, 2.24) is 14.9 Å². The first-order chi connectivity index (χ1) is 8.52. The fourth-order valence-electron chi connectivity index (χ4n) is 1.71. The van der Waals surface area contributed by atoms with Gasteiger partial charge in [0, 0.05) is 32.6 Å². The van der Waals surface area contributed by atoms with Crippen molar-refractivity contribution in [1.29, 1.82) is 0 Å². The maximum atomic E-state index is 11.8. The van der Waals surface area contributed by atoms with E-state index in [9.17, 15) is 9.90 Å². The number of imidazole rings is 1. The predicted octanol–water partition coefficient (Wildman–Crippen LogP) is 0.0635. The van der Waals surface area contributed by atoms with Gasteiger partial charge in [0.25, 0.3) is 5.91 Å². The van der Waals surface area contributed by atoms with Crippen molar-refractivity contribution < 1.29 is 15.0 Å². The van der Waals surface area contributed by atoms with Crippen molar-refractivity contribution in [2.24, 2.45) is 7.05 Å². The first-order valence-electron chi connectivity index (χ1n) is 6.11. The standard InChI is InChI=1S/C12H21N3O3/c1-3-12(18,5-4-8-16)9-14-11(17)10-13-6-7-15(10)2/h6-7,16,18H,3-5,8-9H2,1-2H3,(H,14,17)/t12-/m1/s1. The van der Waals surface area contributed by atoms with Crippen LogP contribution in [-0.4, -0.2) is 44.4 Å². The molecule has 0 spiro atoms. The fourth-order valence-corrected chi connectivity index (χ4v) is 1.71. The molecule has 0 aliphatic heterocycles. The van der Waals surface area contributed by atoms with Crippen molar-refractivity contribution in [2.75, 3.05) is 13.2 Å². The highest BCUT2D eigenvalue weighted by molar-refractivity contribution is 5.90. The van der Waals surface area contributed by atoms with Gasteiger partial charge in [0.2, 0.25) is 0 Å². The second kappa shape index (κ2) is 6.51. The van der Waals surface area contributed by atoms with Gasteiger partial charge in [0.15, 0.2) is 5.82 Å². The lowest BCUT2D eigenvalue weighted by Gasteiger charge is -2.26. The molecule has 0 bridgehead atoms. The van der Waals surface area contributed by atoms with Crippen LogP contribution < -0.4 is 5.32 Å². The van der Waals surface area contributed by atoms with Crippen LogP contribution in [0.5, 0.6) is 0 Å². The Kier molecular flexibility index (Phi) is 5.30. The first-order valence-corrected chi connectivity index (χ1v) is 6.11. The lowest BCUT2D eigenvalue weighted by molar-refractivity contribution is 0.0211. The molecule has 0 unspecified atom stereocenters. The van der Waals surface area contributed by atoms with Crippen molar-refractivity contribution in [3.05, 3.63) is 18.2 Å². The number of hydrogen-bond acceptors (Lipinski definition) is 4. The Morgan fingerprint density at radius 1 is 1.61 bits per heavy atom. The summed E-state index contributed by atoms with van der Waals surface area (Å²) in [6, 6.07) is 0. The lowest BCUT2D eigenvalue weighted by Crippen LogP contribution is -2.43. The second-order valence-corrected chi connectivity index (χ2v) is 4.45. The van der Waals surface area contributed by atoms with Crippen LogP contribution in [0.3, 0.4) is 0 Å². The van der Waals surface area contributed by atoms with Crippen LogP contribution in [-0.2, 0) is 7.05 Å². The molecule has 0 aliphatic carbocycles. The van der Waals surface area contributed by atoms with E-state index < -0.39 is 5.60 Å². The summed E-state index contributed by atoms with van der Waals surface area (Å²) in [4.78, 5) is 15.7. The fraction of sp³-hybridized carbons (Fsp3) is 0.667. The van der Waals surface area contributed by atoms with Crippen LogP contribution in [0.2, 0.25) is 0 Å². The largest absolute Gasteiger partial charge is 0.396 e. The molecule has 0 radical (unpaired) electrons. The topological polar surface area (TPSA) is 87.4 Å². The van der Waals surface area contributed by atoms with E-state index in [2.05, 4.69) is 10.3 Å². The summed E-state index contributed by atoms with van der Waals surface area (Å²) < 4.78 is 1.62. The molecule has 0 aliphatic rings. The molecule has 1 rings (SSSR count). The van der Waals surface area contributed by atoms with Crippen LogP contribution in [0, 0.1) is 0 Å². The van der Waals surface area contributed by atoms with E-state index in [-0.39, 0.29) is 19.1 Å². The minimum absolute atomic E-state index is 0.0373. The van der Waals surface area contributed by atoms with Crippen molar-refractivity contribution in [2.45, 2.75) is 31.8 Å². The Hall–Kier alpha value is -1.40. The number of aliphatic hydroxyl groups is 2. The molecular formula is C12H21N3O3. The van der Waals surface area contributed by atoms with Crippen molar-refractivity contribution in [3.8, 4) is 0 Å². The van der Waals surface area contributed by atoms with Crippen LogP contribution in [0.1, 0.15) is 36.8 Å². The summed E-state index contributed by atoms with van der Waals surface area (Å²) in [6.45, 7) is 2.05. The predicted molar refractivity (Wildman–Crippen MR) is 67.1 cm³/mol. The van der Waals surface area contributed by atoms with Gasteiger partial charge in [-0.2, -0.15) is 0 Å². The van der Waals surface area contributed by atoms with Gasteiger partial charge in [-0.25, -0.2) is 4.98 Å². The number of aromatic nitrogens is 2. The van der Waals surface area contributed by atoms with Crippen LogP contribution in [0.4, 0.5) is 0 Å². The molecular weight excluding hydrogens is 234 g/mol. The number of carbonyl (C=O) groups excluding carboxylic acids is 1. The molecule has 18 heavy (non-hydrogen) atoms.